The maximum absolute atomic E-state index is 11.3. The van der Waals surface area contributed by atoms with Crippen molar-refractivity contribution in [2.45, 2.75) is 0 Å². The minimum absolute atomic E-state index is 0.362. The summed E-state index contributed by atoms with van der Waals surface area (Å²) in [6.45, 7) is 0. The van der Waals surface area contributed by atoms with Crippen LogP contribution in [0.2, 0.25) is 0 Å². The molecule has 3 N–H and O–H groups in total. The number of aromatic amines is 1. The summed E-state index contributed by atoms with van der Waals surface area (Å²) in [6, 6.07) is 3.35. The molecule has 0 aliphatic rings. The Kier molecular flexibility index (Phi) is 1.85. The van der Waals surface area contributed by atoms with Crippen LogP contribution in [0.4, 0.5) is 5.69 Å². The summed E-state index contributed by atoms with van der Waals surface area (Å²) in [7, 11) is 1.32. The van der Waals surface area contributed by atoms with Gasteiger partial charge in [-0.15, -0.1) is 0 Å². The molecule has 2 rings (SSSR count). The molecule has 2 aromatic rings. The summed E-state index contributed by atoms with van der Waals surface area (Å²) in [5.41, 5.74) is 7.33. The van der Waals surface area contributed by atoms with E-state index in [9.17, 15) is 4.79 Å². The van der Waals surface area contributed by atoms with E-state index in [4.69, 9.17) is 5.73 Å². The number of aromatic nitrogens is 2. The summed E-state index contributed by atoms with van der Waals surface area (Å²) < 4.78 is 4.59. The monoisotopic (exact) mass is 191 g/mol. The number of rotatable bonds is 1. The number of nitrogens with one attached hydrogen (secondary N) is 1. The Morgan fingerprint density at radius 3 is 3.07 bits per heavy atom. The normalized spacial score (nSPS) is 10.4. The van der Waals surface area contributed by atoms with Crippen LogP contribution in [0.5, 0.6) is 0 Å². The first kappa shape index (κ1) is 8.55. The molecular formula is C9H9N3O2. The molecule has 1 aromatic heterocycles. The van der Waals surface area contributed by atoms with Crippen LogP contribution in [0.25, 0.3) is 10.9 Å². The van der Waals surface area contributed by atoms with Gasteiger partial charge in [0.15, 0.2) is 0 Å². The molecule has 72 valence electrons. The zero-order chi connectivity index (χ0) is 10.1. The van der Waals surface area contributed by atoms with Crippen LogP contribution in [0.15, 0.2) is 18.3 Å². The number of carbonyl (C=O) groups excluding carboxylic acids is 1. The number of H-pyrrole nitrogens is 1. The lowest BCUT2D eigenvalue weighted by Gasteiger charge is -2.03. The smallest absolute Gasteiger partial charge is 0.339 e. The first-order valence-corrected chi connectivity index (χ1v) is 4.04. The molecule has 0 fully saturated rings. The standard InChI is InChI=1S/C9H9N3O2/c1-14-9(13)5-2-3-7-6(8(5)10)4-11-12-7/h2-4H,10H2,1H3,(H,11,12). The van der Waals surface area contributed by atoms with Crippen molar-refractivity contribution in [2.24, 2.45) is 0 Å². The number of hydrogen-bond acceptors (Lipinski definition) is 4. The van der Waals surface area contributed by atoms with E-state index in [2.05, 4.69) is 14.9 Å². The van der Waals surface area contributed by atoms with Crippen molar-refractivity contribution in [2.75, 3.05) is 12.8 Å². The second kappa shape index (κ2) is 3.02. The zero-order valence-corrected chi connectivity index (χ0v) is 7.57. The van der Waals surface area contributed by atoms with Crippen LogP contribution >= 0.6 is 0 Å². The van der Waals surface area contributed by atoms with Crippen LogP contribution in [0.3, 0.4) is 0 Å². The molecule has 1 aromatic carbocycles. The second-order valence-electron chi connectivity index (χ2n) is 2.85. The van der Waals surface area contributed by atoms with E-state index in [-0.39, 0.29) is 0 Å². The van der Waals surface area contributed by atoms with Gasteiger partial charge in [0.1, 0.15) is 0 Å². The van der Waals surface area contributed by atoms with Gasteiger partial charge >= 0.3 is 5.97 Å². The summed E-state index contributed by atoms with van der Waals surface area (Å²) >= 11 is 0. The van der Waals surface area contributed by atoms with Gasteiger partial charge in [-0.1, -0.05) is 0 Å². The molecule has 0 radical (unpaired) electrons. The Morgan fingerprint density at radius 2 is 2.36 bits per heavy atom. The molecule has 0 spiro atoms. The van der Waals surface area contributed by atoms with Gasteiger partial charge in [0.25, 0.3) is 0 Å². The largest absolute Gasteiger partial charge is 0.465 e. The zero-order valence-electron chi connectivity index (χ0n) is 7.57. The first-order valence-electron chi connectivity index (χ1n) is 4.04. The van der Waals surface area contributed by atoms with Gasteiger partial charge in [-0.05, 0) is 12.1 Å². The van der Waals surface area contributed by atoms with Crippen molar-refractivity contribution in [3.63, 3.8) is 0 Å². The topological polar surface area (TPSA) is 81.0 Å². The Hall–Kier alpha value is -2.04. The summed E-state index contributed by atoms with van der Waals surface area (Å²) in [4.78, 5) is 11.3. The highest BCUT2D eigenvalue weighted by molar-refractivity contribution is 6.04. The van der Waals surface area contributed by atoms with Gasteiger partial charge in [0.2, 0.25) is 0 Å². The molecule has 5 nitrogen and oxygen atoms in total. The van der Waals surface area contributed by atoms with Crippen molar-refractivity contribution < 1.29 is 9.53 Å². The Bertz CT molecular complexity index is 490. The van der Waals surface area contributed by atoms with E-state index < -0.39 is 5.97 Å². The number of esters is 1. The van der Waals surface area contributed by atoms with Crippen LogP contribution in [-0.4, -0.2) is 23.3 Å². The van der Waals surface area contributed by atoms with Crippen molar-refractivity contribution in [3.05, 3.63) is 23.9 Å². The minimum atomic E-state index is -0.439. The highest BCUT2D eigenvalue weighted by atomic mass is 16.5. The van der Waals surface area contributed by atoms with E-state index in [1.165, 1.54) is 7.11 Å². The van der Waals surface area contributed by atoms with Gasteiger partial charge in [-0.2, -0.15) is 5.10 Å². The van der Waals surface area contributed by atoms with Crippen molar-refractivity contribution in [1.29, 1.82) is 0 Å². The SMILES string of the molecule is COC(=O)c1ccc2[nH]ncc2c1N. The minimum Gasteiger partial charge on any atom is -0.465 e. The molecule has 0 amide bonds. The number of methoxy groups -OCH3 is 1. The fourth-order valence-electron chi connectivity index (χ4n) is 1.33. The fourth-order valence-corrected chi connectivity index (χ4v) is 1.33. The molecule has 0 aliphatic carbocycles. The van der Waals surface area contributed by atoms with Crippen LogP contribution < -0.4 is 5.73 Å². The predicted octanol–water partition coefficient (Wildman–Crippen LogP) is 0.932. The number of hydrogen-bond donors (Lipinski definition) is 2. The van der Waals surface area contributed by atoms with E-state index in [1.54, 1.807) is 18.3 Å². The first-order chi connectivity index (χ1) is 6.74. The predicted molar refractivity (Wildman–Crippen MR) is 51.8 cm³/mol. The van der Waals surface area contributed by atoms with E-state index in [0.717, 1.165) is 10.9 Å². The number of carbonyl (C=O) groups is 1. The molecule has 0 unspecified atom stereocenters. The molecule has 0 saturated heterocycles. The molecule has 0 saturated carbocycles. The fraction of sp³-hybridized carbons (Fsp3) is 0.111. The number of anilines is 1. The number of ether oxygens (including phenoxy) is 1. The van der Waals surface area contributed by atoms with E-state index in [0.29, 0.717) is 11.3 Å². The Morgan fingerprint density at radius 1 is 1.57 bits per heavy atom. The van der Waals surface area contributed by atoms with E-state index >= 15 is 0 Å². The number of benzene rings is 1. The van der Waals surface area contributed by atoms with Gasteiger partial charge < -0.3 is 10.5 Å². The molecule has 0 aliphatic heterocycles. The molecule has 14 heavy (non-hydrogen) atoms. The van der Waals surface area contributed by atoms with Gasteiger partial charge in [0.05, 0.1) is 30.1 Å². The summed E-state index contributed by atoms with van der Waals surface area (Å²) in [6.07, 6.45) is 1.58. The third-order valence-electron chi connectivity index (χ3n) is 2.07. The van der Waals surface area contributed by atoms with Crippen LogP contribution in [-0.2, 0) is 4.74 Å². The second-order valence-corrected chi connectivity index (χ2v) is 2.85. The number of nitrogen functional groups attached to an aromatic ring is 1. The van der Waals surface area contributed by atoms with Crippen molar-refractivity contribution >= 4 is 22.6 Å². The summed E-state index contributed by atoms with van der Waals surface area (Å²) in [5.74, 6) is -0.439. The molecule has 1 heterocycles. The average Bonchev–Trinajstić information content (AvgIpc) is 2.66. The van der Waals surface area contributed by atoms with Crippen molar-refractivity contribution in [1.82, 2.24) is 10.2 Å². The van der Waals surface area contributed by atoms with Gasteiger partial charge in [-0.3, -0.25) is 5.10 Å². The lowest BCUT2D eigenvalue weighted by atomic mass is 10.1. The van der Waals surface area contributed by atoms with Gasteiger partial charge in [0, 0.05) is 5.39 Å². The maximum Gasteiger partial charge on any atom is 0.339 e. The van der Waals surface area contributed by atoms with Crippen LogP contribution in [0, 0.1) is 0 Å². The molecular weight excluding hydrogens is 182 g/mol. The highest BCUT2D eigenvalue weighted by Crippen LogP contribution is 2.23. The maximum atomic E-state index is 11.3. The molecule has 5 heteroatoms. The van der Waals surface area contributed by atoms with Crippen LogP contribution in [0.1, 0.15) is 10.4 Å². The quantitative estimate of drug-likeness (QED) is 0.519. The van der Waals surface area contributed by atoms with E-state index in [1.807, 2.05) is 0 Å². The lowest BCUT2D eigenvalue weighted by molar-refractivity contribution is 0.0602. The molecule has 0 bridgehead atoms. The lowest BCUT2D eigenvalue weighted by Crippen LogP contribution is -2.05. The molecule has 0 atom stereocenters. The third kappa shape index (κ3) is 1.10. The highest BCUT2D eigenvalue weighted by Gasteiger charge is 2.12. The average molecular weight is 191 g/mol. The Labute approximate surface area is 79.9 Å². The number of fused-ring (bicyclic) bond motifs is 1. The Balaban J connectivity index is 2.67. The number of nitrogens with two attached hydrogens (primary N) is 1. The summed E-state index contributed by atoms with van der Waals surface area (Å²) in [5, 5.41) is 7.32. The number of nitrogens with zero attached hydrogens (tertiary/aromatic N) is 1. The van der Waals surface area contributed by atoms with Crippen molar-refractivity contribution in [3.8, 4) is 0 Å². The third-order valence-corrected chi connectivity index (χ3v) is 2.07. The van der Waals surface area contributed by atoms with Gasteiger partial charge in [-0.25, -0.2) is 4.79 Å².